The summed E-state index contributed by atoms with van der Waals surface area (Å²) in [4.78, 5) is 42.2. The van der Waals surface area contributed by atoms with E-state index in [9.17, 15) is 14.4 Å². The van der Waals surface area contributed by atoms with Gasteiger partial charge in [-0.2, -0.15) is 0 Å². The summed E-state index contributed by atoms with van der Waals surface area (Å²) >= 11 is 0. The Kier molecular flexibility index (Phi) is 7.34. The van der Waals surface area contributed by atoms with Crippen molar-refractivity contribution in [1.82, 2.24) is 15.1 Å². The second kappa shape index (κ2) is 9.96. The molecule has 0 aliphatic carbocycles. The number of nitrogens with one attached hydrogen (secondary N) is 1. The summed E-state index contributed by atoms with van der Waals surface area (Å²) in [5.74, 6) is 0.428. The molecule has 1 N–H and O–H groups in total. The van der Waals surface area contributed by atoms with Gasteiger partial charge in [0.2, 0.25) is 11.8 Å². The summed E-state index contributed by atoms with van der Waals surface area (Å²) in [7, 11) is 0. The maximum atomic E-state index is 13.2. The number of para-hydroxylation sites is 1. The Morgan fingerprint density at radius 3 is 2.47 bits per heavy atom. The molecule has 0 bridgehead atoms. The number of carbonyl (C=O) groups is 3. The number of hydrogen-bond donors (Lipinski definition) is 1. The molecule has 0 aromatic heterocycles. The minimum Gasteiger partial charge on any atom is -0.493 e. The molecule has 1 unspecified atom stereocenters. The van der Waals surface area contributed by atoms with E-state index in [4.69, 9.17) is 4.74 Å². The van der Waals surface area contributed by atoms with Crippen LogP contribution in [0.2, 0.25) is 0 Å². The van der Waals surface area contributed by atoms with Crippen molar-refractivity contribution in [3.63, 3.8) is 0 Å². The first kappa shape index (κ1) is 22.1. The van der Waals surface area contributed by atoms with Gasteiger partial charge in [-0.1, -0.05) is 12.1 Å². The third-order valence-corrected chi connectivity index (χ3v) is 5.82. The molecule has 1 aromatic rings. The molecule has 0 spiro atoms. The average Bonchev–Trinajstić information content (AvgIpc) is 3.23. The maximum Gasteiger partial charge on any atom is 0.258 e. The lowest BCUT2D eigenvalue weighted by molar-refractivity contribution is -0.139. The fraction of sp³-hybridized carbons (Fsp3) is 0.609. The second-order valence-corrected chi connectivity index (χ2v) is 8.35. The van der Waals surface area contributed by atoms with Crippen LogP contribution in [0.5, 0.6) is 5.75 Å². The third kappa shape index (κ3) is 4.94. The number of benzene rings is 1. The number of ether oxygens (including phenoxy) is 1. The van der Waals surface area contributed by atoms with E-state index in [0.717, 1.165) is 6.42 Å². The summed E-state index contributed by atoms with van der Waals surface area (Å²) in [6.45, 7) is 7.95. The highest BCUT2D eigenvalue weighted by Crippen LogP contribution is 2.27. The van der Waals surface area contributed by atoms with Crippen molar-refractivity contribution in [2.45, 2.75) is 58.5 Å². The molecule has 2 fully saturated rings. The van der Waals surface area contributed by atoms with Crippen molar-refractivity contribution in [3.05, 3.63) is 29.8 Å². The highest BCUT2D eigenvalue weighted by atomic mass is 16.5. The number of rotatable bonds is 6. The van der Waals surface area contributed by atoms with Gasteiger partial charge in [0.25, 0.3) is 5.91 Å². The standard InChI is InChI=1S/C23H33N3O4/c1-4-30-20-10-6-5-8-18(20)22(28)26-13-7-9-19(26)23(29)25-14-11-17(12-15-25)21(27)24-16(2)3/h5-6,8,10,16-17,19H,4,7,9,11-15H2,1-3H3,(H,24,27). The third-order valence-electron chi connectivity index (χ3n) is 5.82. The van der Waals surface area contributed by atoms with Gasteiger partial charge < -0.3 is 19.9 Å². The molecule has 7 nitrogen and oxygen atoms in total. The molecule has 7 heteroatoms. The molecule has 3 amide bonds. The van der Waals surface area contributed by atoms with E-state index in [1.165, 1.54) is 0 Å². The first-order valence-corrected chi connectivity index (χ1v) is 11.0. The molecule has 1 aromatic carbocycles. The van der Waals surface area contributed by atoms with E-state index in [1.807, 2.05) is 37.8 Å². The highest BCUT2D eigenvalue weighted by Gasteiger charge is 2.39. The summed E-state index contributed by atoms with van der Waals surface area (Å²) in [6, 6.07) is 6.88. The van der Waals surface area contributed by atoms with Crippen LogP contribution in [0.4, 0.5) is 0 Å². The summed E-state index contributed by atoms with van der Waals surface area (Å²) in [5, 5.41) is 2.96. The van der Waals surface area contributed by atoms with Crippen molar-refractivity contribution in [2.75, 3.05) is 26.2 Å². The molecule has 0 radical (unpaired) electrons. The van der Waals surface area contributed by atoms with Crippen LogP contribution in [0.25, 0.3) is 0 Å². The van der Waals surface area contributed by atoms with E-state index in [0.29, 0.717) is 56.8 Å². The first-order valence-electron chi connectivity index (χ1n) is 11.0. The summed E-state index contributed by atoms with van der Waals surface area (Å²) in [5.41, 5.74) is 0.503. The lowest BCUT2D eigenvalue weighted by Crippen LogP contribution is -2.51. The molecule has 0 saturated carbocycles. The van der Waals surface area contributed by atoms with Gasteiger partial charge in [0.05, 0.1) is 12.2 Å². The summed E-state index contributed by atoms with van der Waals surface area (Å²) in [6.07, 6.45) is 2.82. The van der Waals surface area contributed by atoms with Gasteiger partial charge in [-0.25, -0.2) is 0 Å². The molecule has 2 heterocycles. The number of hydrogen-bond acceptors (Lipinski definition) is 4. The minimum atomic E-state index is -0.437. The number of carbonyl (C=O) groups excluding carboxylic acids is 3. The van der Waals surface area contributed by atoms with Crippen LogP contribution in [0.3, 0.4) is 0 Å². The Morgan fingerprint density at radius 2 is 1.80 bits per heavy atom. The lowest BCUT2D eigenvalue weighted by atomic mass is 9.95. The Hall–Kier alpha value is -2.57. The Labute approximate surface area is 178 Å². The van der Waals surface area contributed by atoms with E-state index >= 15 is 0 Å². The monoisotopic (exact) mass is 415 g/mol. The Balaban J connectivity index is 1.64. The van der Waals surface area contributed by atoms with Crippen LogP contribution in [0, 0.1) is 5.92 Å². The van der Waals surface area contributed by atoms with Gasteiger partial charge in [0, 0.05) is 31.6 Å². The van der Waals surface area contributed by atoms with E-state index in [1.54, 1.807) is 17.0 Å². The van der Waals surface area contributed by atoms with Gasteiger partial charge >= 0.3 is 0 Å². The summed E-state index contributed by atoms with van der Waals surface area (Å²) < 4.78 is 5.61. The first-order chi connectivity index (χ1) is 14.4. The number of piperidine rings is 1. The fourth-order valence-electron chi connectivity index (χ4n) is 4.32. The average molecular weight is 416 g/mol. The van der Waals surface area contributed by atoms with Gasteiger partial charge in [-0.3, -0.25) is 14.4 Å². The minimum absolute atomic E-state index is 0.00235. The van der Waals surface area contributed by atoms with E-state index in [-0.39, 0.29) is 29.7 Å². The SMILES string of the molecule is CCOc1ccccc1C(=O)N1CCCC1C(=O)N1CCC(C(=O)NC(C)C)CC1. The van der Waals surface area contributed by atoms with Crippen molar-refractivity contribution in [3.8, 4) is 5.75 Å². The smallest absolute Gasteiger partial charge is 0.258 e. The predicted molar refractivity (Wildman–Crippen MR) is 114 cm³/mol. The van der Waals surface area contributed by atoms with Crippen LogP contribution < -0.4 is 10.1 Å². The van der Waals surface area contributed by atoms with Gasteiger partial charge in [0.1, 0.15) is 11.8 Å². The molecule has 2 aliphatic heterocycles. The van der Waals surface area contributed by atoms with Gasteiger partial charge in [-0.15, -0.1) is 0 Å². The van der Waals surface area contributed by atoms with Crippen LogP contribution >= 0.6 is 0 Å². The quantitative estimate of drug-likeness (QED) is 0.774. The highest BCUT2D eigenvalue weighted by molar-refractivity contribution is 6.00. The predicted octanol–water partition coefficient (Wildman–Crippen LogP) is 2.45. The molecular formula is C23H33N3O4. The largest absolute Gasteiger partial charge is 0.493 e. The zero-order valence-electron chi connectivity index (χ0n) is 18.2. The topological polar surface area (TPSA) is 79.0 Å². The van der Waals surface area contributed by atoms with Crippen LogP contribution in [-0.4, -0.2) is 65.8 Å². The van der Waals surface area contributed by atoms with Crippen LogP contribution in [0.1, 0.15) is 56.8 Å². The van der Waals surface area contributed by atoms with E-state index in [2.05, 4.69) is 5.32 Å². The maximum absolute atomic E-state index is 13.2. The molecule has 1 atom stereocenters. The van der Waals surface area contributed by atoms with Crippen molar-refractivity contribution >= 4 is 17.7 Å². The fourth-order valence-corrected chi connectivity index (χ4v) is 4.32. The van der Waals surface area contributed by atoms with E-state index < -0.39 is 6.04 Å². The zero-order chi connectivity index (χ0) is 21.7. The van der Waals surface area contributed by atoms with Gasteiger partial charge in [-0.05, 0) is 58.6 Å². The van der Waals surface area contributed by atoms with Crippen LogP contribution in [0.15, 0.2) is 24.3 Å². The molecule has 164 valence electrons. The number of nitrogens with zero attached hydrogens (tertiary/aromatic N) is 2. The van der Waals surface area contributed by atoms with Crippen molar-refractivity contribution in [1.29, 1.82) is 0 Å². The second-order valence-electron chi connectivity index (χ2n) is 8.35. The van der Waals surface area contributed by atoms with Crippen LogP contribution in [-0.2, 0) is 9.59 Å². The molecule has 2 saturated heterocycles. The normalized spacial score (nSPS) is 19.8. The number of likely N-dealkylation sites (tertiary alicyclic amines) is 2. The van der Waals surface area contributed by atoms with Crippen molar-refractivity contribution in [2.24, 2.45) is 5.92 Å². The molecular weight excluding hydrogens is 382 g/mol. The van der Waals surface area contributed by atoms with Gasteiger partial charge in [0.15, 0.2) is 0 Å². The molecule has 2 aliphatic rings. The number of amides is 3. The Bertz CT molecular complexity index is 771. The van der Waals surface area contributed by atoms with Crippen molar-refractivity contribution < 1.29 is 19.1 Å². The molecule has 3 rings (SSSR count). The molecule has 30 heavy (non-hydrogen) atoms. The Morgan fingerprint density at radius 1 is 1.10 bits per heavy atom. The lowest BCUT2D eigenvalue weighted by Gasteiger charge is -2.35. The zero-order valence-corrected chi connectivity index (χ0v) is 18.2.